The maximum absolute atomic E-state index is 9.52. The van der Waals surface area contributed by atoms with Crippen molar-refractivity contribution in [2.24, 2.45) is 0 Å². The zero-order chi connectivity index (χ0) is 15.1. The lowest BCUT2D eigenvalue weighted by Gasteiger charge is -2.16. The minimum Gasteiger partial charge on any atom is -0.396 e. The number of aliphatic hydroxyl groups is 1. The molecule has 22 heavy (non-hydrogen) atoms. The van der Waals surface area contributed by atoms with Gasteiger partial charge in [-0.15, -0.1) is 0 Å². The minimum absolute atomic E-state index is 0.176. The minimum atomic E-state index is 0.176. The van der Waals surface area contributed by atoms with E-state index < -0.39 is 0 Å². The summed E-state index contributed by atoms with van der Waals surface area (Å²) in [5, 5.41) is 17.2. The molecule has 0 atom stereocenters. The SMILES string of the molecule is Cc1c2ccccc2c(CCO)c2ccc3ccccc3c12. The van der Waals surface area contributed by atoms with Gasteiger partial charge in [-0.25, -0.2) is 0 Å². The number of hydrogen-bond donors (Lipinski definition) is 1. The largest absolute Gasteiger partial charge is 0.396 e. The molecule has 4 rings (SSSR count). The molecule has 4 aromatic carbocycles. The Balaban J connectivity index is 2.31. The standard InChI is InChI=1S/C21H18O/c1-14-16-7-4-5-9-18(16)19(12-13-22)20-11-10-15-6-2-3-8-17(15)21(14)20/h2-11,22H,12-13H2,1H3. The van der Waals surface area contributed by atoms with Gasteiger partial charge in [0.15, 0.2) is 0 Å². The summed E-state index contributed by atoms with van der Waals surface area (Å²) in [4.78, 5) is 0. The number of hydrogen-bond acceptors (Lipinski definition) is 1. The number of rotatable bonds is 2. The van der Waals surface area contributed by atoms with Crippen LogP contribution in [0, 0.1) is 6.92 Å². The Kier molecular flexibility index (Phi) is 3.09. The first-order chi connectivity index (χ1) is 10.8. The molecule has 4 aromatic rings. The molecule has 0 aromatic heterocycles. The smallest absolute Gasteiger partial charge is 0.0471 e. The Morgan fingerprint density at radius 3 is 2.18 bits per heavy atom. The highest BCUT2D eigenvalue weighted by atomic mass is 16.2. The van der Waals surface area contributed by atoms with Gasteiger partial charge in [0.1, 0.15) is 0 Å². The third kappa shape index (κ3) is 1.83. The van der Waals surface area contributed by atoms with Crippen LogP contribution in [0.4, 0.5) is 0 Å². The Labute approximate surface area is 129 Å². The Bertz CT molecular complexity index is 999. The first-order valence-electron chi connectivity index (χ1n) is 7.74. The van der Waals surface area contributed by atoms with Crippen LogP contribution in [0.15, 0.2) is 60.7 Å². The lowest BCUT2D eigenvalue weighted by Crippen LogP contribution is -1.97. The molecule has 0 heterocycles. The zero-order valence-corrected chi connectivity index (χ0v) is 12.6. The van der Waals surface area contributed by atoms with Gasteiger partial charge in [0.2, 0.25) is 0 Å². The monoisotopic (exact) mass is 286 g/mol. The Morgan fingerprint density at radius 1 is 0.727 bits per heavy atom. The van der Waals surface area contributed by atoms with Crippen LogP contribution < -0.4 is 0 Å². The van der Waals surface area contributed by atoms with Gasteiger partial charge in [-0.3, -0.25) is 0 Å². The van der Waals surface area contributed by atoms with Gasteiger partial charge in [-0.1, -0.05) is 60.7 Å². The van der Waals surface area contributed by atoms with Crippen LogP contribution in [0.1, 0.15) is 11.1 Å². The van der Waals surface area contributed by atoms with Crippen molar-refractivity contribution in [2.45, 2.75) is 13.3 Å². The van der Waals surface area contributed by atoms with Gasteiger partial charge >= 0.3 is 0 Å². The predicted molar refractivity (Wildman–Crippen MR) is 94.5 cm³/mol. The molecule has 1 N–H and O–H groups in total. The lowest BCUT2D eigenvalue weighted by atomic mass is 9.88. The Hall–Kier alpha value is -2.38. The molecule has 0 aliphatic carbocycles. The molecule has 108 valence electrons. The van der Waals surface area contributed by atoms with E-state index in [0.717, 1.165) is 0 Å². The number of aryl methyl sites for hydroxylation is 1. The second kappa shape index (κ2) is 5.11. The van der Waals surface area contributed by atoms with E-state index in [2.05, 4.69) is 67.6 Å². The molecule has 1 heteroatoms. The molecular weight excluding hydrogens is 268 g/mol. The second-order valence-corrected chi connectivity index (χ2v) is 5.83. The third-order valence-corrected chi connectivity index (χ3v) is 4.65. The van der Waals surface area contributed by atoms with Crippen molar-refractivity contribution in [3.8, 4) is 0 Å². The number of benzene rings is 4. The summed E-state index contributed by atoms with van der Waals surface area (Å²) in [5.41, 5.74) is 2.58. The molecule has 1 nitrogen and oxygen atoms in total. The highest BCUT2D eigenvalue weighted by Crippen LogP contribution is 2.36. The third-order valence-electron chi connectivity index (χ3n) is 4.65. The van der Waals surface area contributed by atoms with Crippen molar-refractivity contribution in [1.82, 2.24) is 0 Å². The van der Waals surface area contributed by atoms with Gasteiger partial charge in [0.05, 0.1) is 0 Å². The fourth-order valence-electron chi connectivity index (χ4n) is 3.66. The highest BCUT2D eigenvalue weighted by molar-refractivity contribution is 6.16. The van der Waals surface area contributed by atoms with E-state index in [1.54, 1.807) is 0 Å². The van der Waals surface area contributed by atoms with E-state index >= 15 is 0 Å². The first kappa shape index (κ1) is 13.3. The van der Waals surface area contributed by atoms with Crippen LogP contribution in [-0.2, 0) is 6.42 Å². The van der Waals surface area contributed by atoms with Crippen LogP contribution >= 0.6 is 0 Å². The van der Waals surface area contributed by atoms with E-state index in [-0.39, 0.29) is 6.61 Å². The molecule has 0 saturated heterocycles. The molecule has 0 radical (unpaired) electrons. The normalized spacial score (nSPS) is 11.5. The topological polar surface area (TPSA) is 20.2 Å². The molecular formula is C21H18O. The molecule has 0 unspecified atom stereocenters. The Morgan fingerprint density at radius 2 is 1.41 bits per heavy atom. The number of aliphatic hydroxyl groups excluding tert-OH is 1. The quantitative estimate of drug-likeness (QED) is 0.406. The molecule has 0 aliphatic rings. The molecule has 0 bridgehead atoms. The summed E-state index contributed by atoms with van der Waals surface area (Å²) in [6, 6.07) is 21.5. The van der Waals surface area contributed by atoms with Gasteiger partial charge in [-0.2, -0.15) is 0 Å². The predicted octanol–water partition coefficient (Wildman–Crippen LogP) is 4.99. The van der Waals surface area contributed by atoms with Crippen molar-refractivity contribution in [3.63, 3.8) is 0 Å². The van der Waals surface area contributed by atoms with Gasteiger partial charge in [0.25, 0.3) is 0 Å². The molecule has 0 saturated carbocycles. The number of fused-ring (bicyclic) bond motifs is 4. The average Bonchev–Trinajstić information content (AvgIpc) is 2.58. The van der Waals surface area contributed by atoms with E-state index in [0.29, 0.717) is 6.42 Å². The summed E-state index contributed by atoms with van der Waals surface area (Å²) in [5.74, 6) is 0. The summed E-state index contributed by atoms with van der Waals surface area (Å²) < 4.78 is 0. The van der Waals surface area contributed by atoms with Crippen LogP contribution in [0.3, 0.4) is 0 Å². The molecule has 0 aliphatic heterocycles. The fraction of sp³-hybridized carbons (Fsp3) is 0.143. The lowest BCUT2D eigenvalue weighted by molar-refractivity contribution is 0.300. The van der Waals surface area contributed by atoms with Gasteiger partial charge in [-0.05, 0) is 56.8 Å². The highest BCUT2D eigenvalue weighted by Gasteiger charge is 2.12. The van der Waals surface area contributed by atoms with Crippen LogP contribution in [0.2, 0.25) is 0 Å². The first-order valence-corrected chi connectivity index (χ1v) is 7.74. The van der Waals surface area contributed by atoms with Crippen molar-refractivity contribution in [1.29, 1.82) is 0 Å². The maximum Gasteiger partial charge on any atom is 0.0471 e. The van der Waals surface area contributed by atoms with Crippen LogP contribution in [0.5, 0.6) is 0 Å². The second-order valence-electron chi connectivity index (χ2n) is 5.83. The molecule has 0 spiro atoms. The van der Waals surface area contributed by atoms with E-state index in [1.807, 2.05) is 0 Å². The van der Waals surface area contributed by atoms with Gasteiger partial charge in [0, 0.05) is 6.61 Å². The van der Waals surface area contributed by atoms with Gasteiger partial charge < -0.3 is 5.11 Å². The van der Waals surface area contributed by atoms with Crippen LogP contribution in [-0.4, -0.2) is 11.7 Å². The van der Waals surface area contributed by atoms with E-state index in [1.165, 1.54) is 43.4 Å². The van der Waals surface area contributed by atoms with E-state index in [9.17, 15) is 5.11 Å². The summed E-state index contributed by atoms with van der Waals surface area (Å²) in [6.07, 6.45) is 0.690. The summed E-state index contributed by atoms with van der Waals surface area (Å²) in [6.45, 7) is 2.38. The summed E-state index contributed by atoms with van der Waals surface area (Å²) in [7, 11) is 0. The molecule has 0 amide bonds. The van der Waals surface area contributed by atoms with Crippen molar-refractivity contribution >= 4 is 32.3 Å². The average molecular weight is 286 g/mol. The maximum atomic E-state index is 9.52. The fourth-order valence-corrected chi connectivity index (χ4v) is 3.66. The van der Waals surface area contributed by atoms with Crippen molar-refractivity contribution in [3.05, 3.63) is 71.8 Å². The molecule has 0 fully saturated rings. The summed E-state index contributed by atoms with van der Waals surface area (Å²) >= 11 is 0. The van der Waals surface area contributed by atoms with E-state index in [4.69, 9.17) is 0 Å². The van der Waals surface area contributed by atoms with Crippen molar-refractivity contribution in [2.75, 3.05) is 6.61 Å². The van der Waals surface area contributed by atoms with Crippen molar-refractivity contribution < 1.29 is 5.11 Å². The van der Waals surface area contributed by atoms with Crippen LogP contribution in [0.25, 0.3) is 32.3 Å². The zero-order valence-electron chi connectivity index (χ0n) is 12.6.